The van der Waals surface area contributed by atoms with Gasteiger partial charge in [0.1, 0.15) is 0 Å². The average Bonchev–Trinajstić information content (AvgIpc) is 2.28. The fraction of sp³-hybridized carbons (Fsp3) is 0.786. The molecule has 0 radical (unpaired) electrons. The Labute approximate surface area is 100 Å². The largest absolute Gasteiger partial charge is 0.465 e. The minimum absolute atomic E-state index is 0.138. The summed E-state index contributed by atoms with van der Waals surface area (Å²) in [7, 11) is 0. The van der Waals surface area contributed by atoms with Crippen molar-refractivity contribution in [2.45, 2.75) is 59.3 Å². The average molecular weight is 226 g/mol. The van der Waals surface area contributed by atoms with E-state index in [0.717, 1.165) is 12.8 Å². The van der Waals surface area contributed by atoms with Gasteiger partial charge < -0.3 is 4.74 Å². The normalized spacial score (nSPS) is 14.2. The van der Waals surface area contributed by atoms with Crippen molar-refractivity contribution in [2.24, 2.45) is 5.41 Å². The van der Waals surface area contributed by atoms with Crippen molar-refractivity contribution in [3.8, 4) is 0 Å². The Morgan fingerprint density at radius 1 is 1.25 bits per heavy atom. The summed E-state index contributed by atoms with van der Waals surface area (Å²) in [6.45, 7) is 10.1. The Balaban J connectivity index is 3.96. The third-order valence-corrected chi connectivity index (χ3v) is 2.99. The van der Waals surface area contributed by atoms with Crippen LogP contribution in [0.1, 0.15) is 59.3 Å². The summed E-state index contributed by atoms with van der Waals surface area (Å²) in [5, 5.41) is 0. The number of carbonyl (C=O) groups excluding carboxylic acids is 1. The molecule has 0 amide bonds. The van der Waals surface area contributed by atoms with E-state index >= 15 is 0 Å². The molecule has 16 heavy (non-hydrogen) atoms. The number of unbranched alkanes of at least 4 members (excludes halogenated alkanes) is 4. The molecule has 0 rings (SSSR count). The fourth-order valence-electron chi connectivity index (χ4n) is 1.68. The minimum atomic E-state index is -0.498. The molecule has 0 aliphatic carbocycles. The smallest absolute Gasteiger partial charge is 0.315 e. The summed E-state index contributed by atoms with van der Waals surface area (Å²) in [6.07, 6.45) is 8.62. The second kappa shape index (κ2) is 8.37. The maximum atomic E-state index is 11.7. The highest BCUT2D eigenvalue weighted by molar-refractivity contribution is 5.78. The molecule has 2 heteroatoms. The third-order valence-electron chi connectivity index (χ3n) is 2.99. The van der Waals surface area contributed by atoms with Gasteiger partial charge in [0.2, 0.25) is 0 Å². The predicted octanol–water partition coefficient (Wildman–Crippen LogP) is 4.10. The van der Waals surface area contributed by atoms with Gasteiger partial charge in [-0.15, -0.1) is 6.58 Å². The Morgan fingerprint density at radius 3 is 2.38 bits per heavy atom. The van der Waals surface area contributed by atoms with E-state index in [1.807, 2.05) is 13.8 Å². The maximum absolute atomic E-state index is 11.7. The summed E-state index contributed by atoms with van der Waals surface area (Å²) in [4.78, 5) is 11.7. The number of esters is 1. The molecule has 0 spiro atoms. The molecule has 0 bridgehead atoms. The Kier molecular flexibility index (Phi) is 7.96. The lowest BCUT2D eigenvalue weighted by Crippen LogP contribution is -2.27. The summed E-state index contributed by atoms with van der Waals surface area (Å²) in [6, 6.07) is 0. The maximum Gasteiger partial charge on any atom is 0.315 e. The van der Waals surface area contributed by atoms with Crippen molar-refractivity contribution in [1.29, 1.82) is 0 Å². The van der Waals surface area contributed by atoms with Crippen LogP contribution in [0.5, 0.6) is 0 Å². The van der Waals surface area contributed by atoms with Crippen molar-refractivity contribution < 1.29 is 9.53 Å². The van der Waals surface area contributed by atoms with Crippen molar-refractivity contribution in [2.75, 3.05) is 6.61 Å². The molecule has 0 aromatic carbocycles. The van der Waals surface area contributed by atoms with Crippen LogP contribution in [-0.4, -0.2) is 12.6 Å². The van der Waals surface area contributed by atoms with E-state index in [2.05, 4.69) is 13.5 Å². The Hall–Kier alpha value is -0.790. The van der Waals surface area contributed by atoms with Crippen molar-refractivity contribution in [3.63, 3.8) is 0 Å². The van der Waals surface area contributed by atoms with Gasteiger partial charge in [0.25, 0.3) is 0 Å². The van der Waals surface area contributed by atoms with E-state index in [1.165, 1.54) is 25.7 Å². The van der Waals surface area contributed by atoms with Gasteiger partial charge in [-0.2, -0.15) is 0 Å². The van der Waals surface area contributed by atoms with E-state index in [-0.39, 0.29) is 5.97 Å². The highest BCUT2D eigenvalue weighted by Crippen LogP contribution is 2.27. The lowest BCUT2D eigenvalue weighted by molar-refractivity contribution is -0.151. The SMILES string of the molecule is C=CC(C)(CCCCCCC)C(=O)OCC. The molecule has 0 saturated carbocycles. The first-order valence-corrected chi connectivity index (χ1v) is 6.41. The van der Waals surface area contributed by atoms with Gasteiger partial charge in [-0.3, -0.25) is 4.79 Å². The quantitative estimate of drug-likeness (QED) is 0.336. The fourth-order valence-corrected chi connectivity index (χ4v) is 1.68. The summed E-state index contributed by atoms with van der Waals surface area (Å²) < 4.78 is 5.07. The molecule has 0 saturated heterocycles. The topological polar surface area (TPSA) is 26.3 Å². The van der Waals surface area contributed by atoms with Gasteiger partial charge in [-0.1, -0.05) is 45.1 Å². The van der Waals surface area contributed by atoms with Crippen LogP contribution in [0.4, 0.5) is 0 Å². The van der Waals surface area contributed by atoms with Crippen LogP contribution >= 0.6 is 0 Å². The molecule has 0 aliphatic heterocycles. The molecule has 0 aromatic rings. The lowest BCUT2D eigenvalue weighted by atomic mass is 9.85. The van der Waals surface area contributed by atoms with E-state index in [1.54, 1.807) is 6.08 Å². The Morgan fingerprint density at radius 2 is 1.88 bits per heavy atom. The monoisotopic (exact) mass is 226 g/mol. The molecule has 1 unspecified atom stereocenters. The molecular formula is C14H26O2. The van der Waals surface area contributed by atoms with Crippen LogP contribution in [-0.2, 0) is 9.53 Å². The second-order valence-corrected chi connectivity index (χ2v) is 4.51. The molecule has 1 atom stereocenters. The zero-order valence-corrected chi connectivity index (χ0v) is 11.1. The van der Waals surface area contributed by atoms with Crippen LogP contribution in [0, 0.1) is 5.41 Å². The first kappa shape index (κ1) is 15.2. The molecule has 0 aromatic heterocycles. The summed E-state index contributed by atoms with van der Waals surface area (Å²) in [5.74, 6) is -0.138. The molecule has 0 fully saturated rings. The van der Waals surface area contributed by atoms with Crippen LogP contribution in [0.2, 0.25) is 0 Å². The number of hydrogen-bond acceptors (Lipinski definition) is 2. The molecule has 0 aliphatic rings. The van der Waals surface area contributed by atoms with Crippen LogP contribution in [0.3, 0.4) is 0 Å². The van der Waals surface area contributed by atoms with Gasteiger partial charge in [0, 0.05) is 0 Å². The van der Waals surface area contributed by atoms with E-state index in [4.69, 9.17) is 4.74 Å². The standard InChI is InChI=1S/C14H26O2/c1-5-8-9-10-11-12-14(4,6-2)13(15)16-7-3/h6H,2,5,7-12H2,1,3-4H3. The van der Waals surface area contributed by atoms with Crippen LogP contribution in [0.15, 0.2) is 12.7 Å². The molecule has 0 N–H and O–H groups in total. The third kappa shape index (κ3) is 5.34. The lowest BCUT2D eigenvalue weighted by Gasteiger charge is -2.23. The molecule has 94 valence electrons. The first-order chi connectivity index (χ1) is 7.60. The molecular weight excluding hydrogens is 200 g/mol. The van der Waals surface area contributed by atoms with Gasteiger partial charge >= 0.3 is 5.97 Å². The zero-order valence-electron chi connectivity index (χ0n) is 11.1. The van der Waals surface area contributed by atoms with Gasteiger partial charge in [0.15, 0.2) is 0 Å². The summed E-state index contributed by atoms with van der Waals surface area (Å²) in [5.41, 5.74) is -0.498. The van der Waals surface area contributed by atoms with E-state index in [9.17, 15) is 4.79 Å². The first-order valence-electron chi connectivity index (χ1n) is 6.41. The van der Waals surface area contributed by atoms with Crippen molar-refractivity contribution in [3.05, 3.63) is 12.7 Å². The summed E-state index contributed by atoms with van der Waals surface area (Å²) >= 11 is 0. The highest BCUT2D eigenvalue weighted by atomic mass is 16.5. The van der Waals surface area contributed by atoms with E-state index < -0.39 is 5.41 Å². The van der Waals surface area contributed by atoms with Crippen LogP contribution < -0.4 is 0 Å². The zero-order chi connectivity index (χ0) is 12.4. The minimum Gasteiger partial charge on any atom is -0.465 e. The highest BCUT2D eigenvalue weighted by Gasteiger charge is 2.30. The van der Waals surface area contributed by atoms with Gasteiger partial charge in [0.05, 0.1) is 12.0 Å². The van der Waals surface area contributed by atoms with Crippen molar-refractivity contribution in [1.82, 2.24) is 0 Å². The molecule has 2 nitrogen and oxygen atoms in total. The van der Waals surface area contributed by atoms with Crippen molar-refractivity contribution >= 4 is 5.97 Å². The van der Waals surface area contributed by atoms with E-state index in [0.29, 0.717) is 6.61 Å². The predicted molar refractivity (Wildman–Crippen MR) is 68.3 cm³/mol. The van der Waals surface area contributed by atoms with Crippen LogP contribution in [0.25, 0.3) is 0 Å². The number of rotatable bonds is 9. The Bertz CT molecular complexity index is 211. The number of hydrogen-bond donors (Lipinski definition) is 0. The number of carbonyl (C=O) groups is 1. The van der Waals surface area contributed by atoms with Gasteiger partial charge in [-0.25, -0.2) is 0 Å². The number of ether oxygens (including phenoxy) is 1. The second-order valence-electron chi connectivity index (χ2n) is 4.51. The molecule has 0 heterocycles. The van der Waals surface area contributed by atoms with Gasteiger partial charge in [-0.05, 0) is 20.3 Å².